The van der Waals surface area contributed by atoms with Crippen molar-refractivity contribution in [2.24, 2.45) is 11.8 Å². The van der Waals surface area contributed by atoms with E-state index in [-0.39, 0.29) is 12.6 Å². The zero-order valence-electron chi connectivity index (χ0n) is 10.0. The van der Waals surface area contributed by atoms with Gasteiger partial charge in [-0.05, 0) is 18.4 Å². The van der Waals surface area contributed by atoms with E-state index >= 15 is 0 Å². The Kier molecular flexibility index (Phi) is 4.17. The number of halogens is 2. The Balaban J connectivity index is 2.38. The highest BCUT2D eigenvalue weighted by atomic mass is 35.5. The predicted molar refractivity (Wildman–Crippen MR) is 74.1 cm³/mol. The highest BCUT2D eigenvalue weighted by Crippen LogP contribution is 2.36. The number of aliphatic hydroxyl groups is 1. The van der Waals surface area contributed by atoms with Crippen molar-refractivity contribution in [2.75, 3.05) is 23.5 Å². The number of hydrogen-bond donors (Lipinski definition) is 3. The van der Waals surface area contributed by atoms with Gasteiger partial charge in [0.25, 0.3) is 0 Å². The Morgan fingerprint density at radius 2 is 2.28 bits per heavy atom. The Labute approximate surface area is 116 Å². The molecule has 100 valence electrons. The molecule has 0 bridgehead atoms. The van der Waals surface area contributed by atoms with Crippen molar-refractivity contribution in [1.29, 1.82) is 0 Å². The minimum absolute atomic E-state index is 0.0294. The van der Waals surface area contributed by atoms with Gasteiger partial charge in [0, 0.05) is 6.54 Å². The summed E-state index contributed by atoms with van der Waals surface area (Å²) in [4.78, 5) is 6.32. The van der Waals surface area contributed by atoms with Crippen molar-refractivity contribution in [3.8, 4) is 0 Å². The van der Waals surface area contributed by atoms with E-state index in [0.717, 1.165) is 13.0 Å². The molecule has 0 spiro atoms. The molecule has 2 rings (SSSR count). The van der Waals surface area contributed by atoms with Gasteiger partial charge in [0.15, 0.2) is 5.82 Å². The smallest absolute Gasteiger partial charge is 0.161 e. The third-order valence-electron chi connectivity index (χ3n) is 3.39. The second-order valence-electron chi connectivity index (χ2n) is 4.48. The first-order chi connectivity index (χ1) is 8.58. The lowest BCUT2D eigenvalue weighted by Gasteiger charge is -2.27. The maximum Gasteiger partial charge on any atom is 0.161 e. The van der Waals surface area contributed by atoms with Crippen molar-refractivity contribution in [2.45, 2.75) is 19.4 Å². The van der Waals surface area contributed by atoms with Crippen LogP contribution in [0.3, 0.4) is 0 Å². The summed E-state index contributed by atoms with van der Waals surface area (Å²) >= 11 is 12.1. The van der Waals surface area contributed by atoms with E-state index in [1.165, 1.54) is 0 Å². The highest BCUT2D eigenvalue weighted by Gasteiger charge is 2.32. The summed E-state index contributed by atoms with van der Waals surface area (Å²) in [7, 11) is 0. The third kappa shape index (κ3) is 2.36. The summed E-state index contributed by atoms with van der Waals surface area (Å²) in [5, 5.41) is 10.3. The van der Waals surface area contributed by atoms with Crippen LogP contribution in [0, 0.1) is 5.92 Å². The predicted octanol–water partition coefficient (Wildman–Crippen LogP) is 1.88. The Morgan fingerprint density at radius 3 is 2.89 bits per heavy atom. The number of nitrogens with two attached hydrogens (primary N) is 1. The lowest BCUT2D eigenvalue weighted by atomic mass is 10.0. The zero-order valence-corrected chi connectivity index (χ0v) is 11.5. The fourth-order valence-corrected chi connectivity index (χ4v) is 2.83. The number of aliphatic hydroxyl groups excluding tert-OH is 1. The molecule has 0 aliphatic carbocycles. The van der Waals surface area contributed by atoms with E-state index in [2.05, 4.69) is 17.3 Å². The summed E-state index contributed by atoms with van der Waals surface area (Å²) < 4.78 is 0. The Morgan fingerprint density at radius 1 is 1.56 bits per heavy atom. The third-order valence-corrected chi connectivity index (χ3v) is 3.96. The summed E-state index contributed by atoms with van der Waals surface area (Å²) in [5.74, 6) is 6.75. The summed E-state index contributed by atoms with van der Waals surface area (Å²) in [6.07, 6.45) is 0.997. The van der Waals surface area contributed by atoms with Crippen molar-refractivity contribution >= 4 is 34.8 Å². The lowest BCUT2D eigenvalue weighted by Crippen LogP contribution is -2.36. The number of aromatic nitrogens is 1. The number of anilines is 2. The minimum atomic E-state index is 0.0294. The topological polar surface area (TPSA) is 74.4 Å². The number of hydrazine groups is 1. The number of pyridine rings is 1. The first kappa shape index (κ1) is 13.7. The molecule has 0 aromatic carbocycles. The number of nitrogens with one attached hydrogen (secondary N) is 1. The van der Waals surface area contributed by atoms with Gasteiger partial charge in [0.2, 0.25) is 0 Å². The van der Waals surface area contributed by atoms with Gasteiger partial charge in [0.05, 0.1) is 22.7 Å². The van der Waals surface area contributed by atoms with E-state index in [1.54, 1.807) is 6.07 Å². The van der Waals surface area contributed by atoms with E-state index < -0.39 is 0 Å². The van der Waals surface area contributed by atoms with Crippen molar-refractivity contribution in [1.82, 2.24) is 4.98 Å². The van der Waals surface area contributed by atoms with E-state index in [9.17, 15) is 5.11 Å². The molecule has 18 heavy (non-hydrogen) atoms. The van der Waals surface area contributed by atoms with Crippen LogP contribution in [0.5, 0.6) is 0 Å². The molecule has 1 aliphatic heterocycles. The van der Waals surface area contributed by atoms with Crippen molar-refractivity contribution < 1.29 is 5.11 Å². The van der Waals surface area contributed by atoms with Crippen LogP contribution < -0.4 is 16.2 Å². The molecule has 1 fully saturated rings. The molecular formula is C11H16Cl2N4O. The van der Waals surface area contributed by atoms with Gasteiger partial charge in [-0.3, -0.25) is 0 Å². The first-order valence-corrected chi connectivity index (χ1v) is 6.54. The van der Waals surface area contributed by atoms with Crippen LogP contribution in [0.2, 0.25) is 10.0 Å². The second kappa shape index (κ2) is 5.48. The quantitative estimate of drug-likeness (QED) is 0.585. The lowest BCUT2D eigenvalue weighted by molar-refractivity contribution is 0.244. The molecule has 2 heterocycles. The molecule has 2 atom stereocenters. The second-order valence-corrected chi connectivity index (χ2v) is 5.29. The summed E-state index contributed by atoms with van der Waals surface area (Å²) in [6.45, 7) is 2.99. The average molecular weight is 291 g/mol. The van der Waals surface area contributed by atoms with Gasteiger partial charge in [-0.25, -0.2) is 10.8 Å². The molecule has 1 saturated heterocycles. The van der Waals surface area contributed by atoms with Crippen LogP contribution in [0.25, 0.3) is 0 Å². The van der Waals surface area contributed by atoms with Crippen LogP contribution in [0.1, 0.15) is 13.3 Å². The number of nitrogens with zero attached hydrogens (tertiary/aromatic N) is 2. The molecular weight excluding hydrogens is 275 g/mol. The van der Waals surface area contributed by atoms with Crippen LogP contribution in [-0.2, 0) is 0 Å². The van der Waals surface area contributed by atoms with Gasteiger partial charge in [0.1, 0.15) is 5.82 Å². The molecule has 7 heteroatoms. The molecule has 0 radical (unpaired) electrons. The maximum absolute atomic E-state index is 9.46. The fraction of sp³-hybridized carbons (Fsp3) is 0.545. The molecule has 5 nitrogen and oxygen atoms in total. The van der Waals surface area contributed by atoms with Crippen LogP contribution in [-0.4, -0.2) is 29.3 Å². The molecule has 1 aromatic rings. The zero-order chi connectivity index (χ0) is 13.3. The fourth-order valence-electron chi connectivity index (χ4n) is 2.31. The molecule has 2 unspecified atom stereocenters. The van der Waals surface area contributed by atoms with Gasteiger partial charge in [-0.1, -0.05) is 30.1 Å². The van der Waals surface area contributed by atoms with Gasteiger partial charge >= 0.3 is 0 Å². The molecule has 4 N–H and O–H groups in total. The molecule has 0 saturated carbocycles. The summed E-state index contributed by atoms with van der Waals surface area (Å²) in [5.41, 5.74) is 2.44. The van der Waals surface area contributed by atoms with Crippen LogP contribution >= 0.6 is 23.2 Å². The molecule has 0 amide bonds. The van der Waals surface area contributed by atoms with Crippen molar-refractivity contribution in [3.05, 3.63) is 16.1 Å². The Bertz CT molecular complexity index is 443. The minimum Gasteiger partial charge on any atom is -0.394 e. The van der Waals surface area contributed by atoms with Crippen LogP contribution in [0.4, 0.5) is 11.6 Å². The SMILES string of the molecule is CC1CCN(c2nc(NN)c(Cl)cc2Cl)C1CO. The van der Waals surface area contributed by atoms with Gasteiger partial charge in [-0.15, -0.1) is 0 Å². The molecule has 1 aliphatic rings. The van der Waals surface area contributed by atoms with E-state index in [1.807, 2.05) is 4.90 Å². The maximum atomic E-state index is 9.46. The number of hydrogen-bond acceptors (Lipinski definition) is 5. The van der Waals surface area contributed by atoms with Crippen molar-refractivity contribution in [3.63, 3.8) is 0 Å². The normalized spacial score (nSPS) is 23.5. The highest BCUT2D eigenvalue weighted by molar-refractivity contribution is 6.37. The average Bonchev–Trinajstić information content (AvgIpc) is 2.70. The van der Waals surface area contributed by atoms with E-state index in [4.69, 9.17) is 29.0 Å². The van der Waals surface area contributed by atoms with Crippen LogP contribution in [0.15, 0.2) is 6.07 Å². The van der Waals surface area contributed by atoms with Gasteiger partial charge < -0.3 is 15.4 Å². The largest absolute Gasteiger partial charge is 0.394 e. The monoisotopic (exact) mass is 290 g/mol. The number of rotatable bonds is 3. The Hall–Kier alpha value is -0.750. The number of nitrogen functional groups attached to an aromatic ring is 1. The first-order valence-electron chi connectivity index (χ1n) is 5.78. The standard InChI is InChI=1S/C11H16Cl2N4O/c1-6-2-3-17(9(6)5-18)11-8(13)4-7(12)10(15-11)16-14/h4,6,9,18H,2-3,5,14H2,1H3,(H,15,16). The summed E-state index contributed by atoms with van der Waals surface area (Å²) in [6, 6.07) is 1.64. The van der Waals surface area contributed by atoms with E-state index in [0.29, 0.717) is 27.6 Å². The van der Waals surface area contributed by atoms with Gasteiger partial charge in [-0.2, -0.15) is 0 Å². The molecule has 1 aromatic heterocycles.